The maximum atomic E-state index is 10.5. The van der Waals surface area contributed by atoms with Crippen LogP contribution in [0.25, 0.3) is 10.4 Å². The number of aldehydes is 1. The standard InChI is InChI=1S/C13H12OS/c1-2-10-7-13(15-9-10)12-5-3-11(8-14)4-6-12/h3-9H,2H2,1H3. The number of rotatable bonds is 3. The molecule has 0 amide bonds. The molecule has 2 aromatic rings. The van der Waals surface area contributed by atoms with Crippen molar-refractivity contribution in [2.45, 2.75) is 13.3 Å². The van der Waals surface area contributed by atoms with Gasteiger partial charge in [0.15, 0.2) is 0 Å². The Kier molecular flexibility index (Phi) is 2.97. The number of hydrogen-bond acceptors (Lipinski definition) is 2. The van der Waals surface area contributed by atoms with Crippen molar-refractivity contribution in [3.8, 4) is 10.4 Å². The Morgan fingerprint density at radius 3 is 2.53 bits per heavy atom. The normalized spacial score (nSPS) is 10.2. The molecule has 0 aliphatic carbocycles. The van der Waals surface area contributed by atoms with Gasteiger partial charge in [0.25, 0.3) is 0 Å². The molecule has 0 saturated carbocycles. The molecule has 1 aromatic carbocycles. The number of aryl methyl sites for hydroxylation is 1. The van der Waals surface area contributed by atoms with Crippen molar-refractivity contribution in [1.29, 1.82) is 0 Å². The molecule has 0 aliphatic heterocycles. The van der Waals surface area contributed by atoms with Gasteiger partial charge < -0.3 is 0 Å². The second-order valence-electron chi connectivity index (χ2n) is 3.41. The summed E-state index contributed by atoms with van der Waals surface area (Å²) in [7, 11) is 0. The van der Waals surface area contributed by atoms with Crippen LogP contribution in [0.1, 0.15) is 22.8 Å². The van der Waals surface area contributed by atoms with Gasteiger partial charge in [0, 0.05) is 10.4 Å². The minimum atomic E-state index is 0.728. The van der Waals surface area contributed by atoms with Crippen LogP contribution in [-0.2, 0) is 6.42 Å². The SMILES string of the molecule is CCc1csc(-c2ccc(C=O)cc2)c1. The molecule has 0 radical (unpaired) electrons. The molecule has 76 valence electrons. The number of carbonyl (C=O) groups excluding carboxylic acids is 1. The molecule has 0 bridgehead atoms. The Balaban J connectivity index is 2.32. The first-order valence-electron chi connectivity index (χ1n) is 4.96. The summed E-state index contributed by atoms with van der Waals surface area (Å²) in [5.41, 5.74) is 3.28. The summed E-state index contributed by atoms with van der Waals surface area (Å²) in [5.74, 6) is 0. The highest BCUT2D eigenvalue weighted by Gasteiger charge is 2.01. The summed E-state index contributed by atoms with van der Waals surface area (Å²) >= 11 is 1.75. The average Bonchev–Trinajstić information content (AvgIpc) is 2.78. The van der Waals surface area contributed by atoms with Crippen LogP contribution in [0, 0.1) is 0 Å². The molecule has 1 heterocycles. The number of benzene rings is 1. The number of thiophene rings is 1. The molecule has 0 unspecified atom stereocenters. The van der Waals surface area contributed by atoms with Gasteiger partial charge in [-0.15, -0.1) is 11.3 Å². The van der Waals surface area contributed by atoms with Gasteiger partial charge in [-0.1, -0.05) is 31.2 Å². The molecule has 2 rings (SSSR count). The van der Waals surface area contributed by atoms with Gasteiger partial charge in [-0.05, 0) is 29.0 Å². The summed E-state index contributed by atoms with van der Waals surface area (Å²) in [5, 5.41) is 2.18. The van der Waals surface area contributed by atoms with Crippen LogP contribution < -0.4 is 0 Å². The molecule has 1 aromatic heterocycles. The molecule has 0 atom stereocenters. The highest BCUT2D eigenvalue weighted by molar-refractivity contribution is 7.13. The summed E-state index contributed by atoms with van der Waals surface area (Å²) < 4.78 is 0. The van der Waals surface area contributed by atoms with E-state index in [2.05, 4.69) is 18.4 Å². The van der Waals surface area contributed by atoms with Gasteiger partial charge in [-0.3, -0.25) is 4.79 Å². The van der Waals surface area contributed by atoms with Crippen molar-refractivity contribution < 1.29 is 4.79 Å². The lowest BCUT2D eigenvalue weighted by atomic mass is 10.1. The minimum Gasteiger partial charge on any atom is -0.298 e. The Hall–Kier alpha value is -1.41. The third kappa shape index (κ3) is 2.16. The van der Waals surface area contributed by atoms with Gasteiger partial charge >= 0.3 is 0 Å². The van der Waals surface area contributed by atoms with E-state index in [0.29, 0.717) is 0 Å². The monoisotopic (exact) mass is 216 g/mol. The molecule has 0 fully saturated rings. The van der Waals surface area contributed by atoms with Crippen LogP contribution in [0.15, 0.2) is 35.7 Å². The van der Waals surface area contributed by atoms with Crippen LogP contribution >= 0.6 is 11.3 Å². The molecule has 0 saturated heterocycles. The van der Waals surface area contributed by atoms with Crippen molar-refractivity contribution in [1.82, 2.24) is 0 Å². The maximum Gasteiger partial charge on any atom is 0.150 e. The molecular formula is C13H12OS. The summed E-state index contributed by atoms with van der Waals surface area (Å²) in [6.07, 6.45) is 1.94. The van der Waals surface area contributed by atoms with E-state index in [9.17, 15) is 4.79 Å². The average molecular weight is 216 g/mol. The van der Waals surface area contributed by atoms with Crippen molar-refractivity contribution >= 4 is 17.6 Å². The lowest BCUT2D eigenvalue weighted by Gasteiger charge is -1.96. The topological polar surface area (TPSA) is 17.1 Å². The Morgan fingerprint density at radius 1 is 1.27 bits per heavy atom. The molecule has 0 aliphatic rings. The third-order valence-corrected chi connectivity index (χ3v) is 3.42. The maximum absolute atomic E-state index is 10.5. The van der Waals surface area contributed by atoms with E-state index in [1.807, 2.05) is 24.3 Å². The molecule has 0 N–H and O–H groups in total. The first kappa shape index (κ1) is 10.1. The first-order valence-corrected chi connectivity index (χ1v) is 5.84. The predicted molar refractivity (Wildman–Crippen MR) is 64.5 cm³/mol. The molecular weight excluding hydrogens is 204 g/mol. The third-order valence-electron chi connectivity index (χ3n) is 2.39. The summed E-state index contributed by atoms with van der Waals surface area (Å²) in [6, 6.07) is 9.91. The van der Waals surface area contributed by atoms with E-state index in [1.165, 1.54) is 16.0 Å². The van der Waals surface area contributed by atoms with Crippen LogP contribution in [0.4, 0.5) is 0 Å². The van der Waals surface area contributed by atoms with Crippen molar-refractivity contribution in [2.75, 3.05) is 0 Å². The van der Waals surface area contributed by atoms with Crippen molar-refractivity contribution in [3.05, 3.63) is 46.8 Å². The Bertz CT molecular complexity index is 454. The van der Waals surface area contributed by atoms with E-state index in [1.54, 1.807) is 11.3 Å². The summed E-state index contributed by atoms with van der Waals surface area (Å²) in [4.78, 5) is 11.8. The van der Waals surface area contributed by atoms with E-state index < -0.39 is 0 Å². The highest BCUT2D eigenvalue weighted by atomic mass is 32.1. The van der Waals surface area contributed by atoms with Crippen molar-refractivity contribution in [2.24, 2.45) is 0 Å². The zero-order valence-electron chi connectivity index (χ0n) is 8.57. The predicted octanol–water partition coefficient (Wildman–Crippen LogP) is 3.79. The molecule has 1 nitrogen and oxygen atoms in total. The van der Waals surface area contributed by atoms with Crippen molar-refractivity contribution in [3.63, 3.8) is 0 Å². The Morgan fingerprint density at radius 2 is 2.00 bits per heavy atom. The van der Waals surface area contributed by atoms with Crippen LogP contribution in [0.2, 0.25) is 0 Å². The van der Waals surface area contributed by atoms with Gasteiger partial charge in [0.05, 0.1) is 0 Å². The zero-order valence-corrected chi connectivity index (χ0v) is 9.38. The van der Waals surface area contributed by atoms with E-state index in [4.69, 9.17) is 0 Å². The quantitative estimate of drug-likeness (QED) is 0.713. The van der Waals surface area contributed by atoms with Crippen LogP contribution in [-0.4, -0.2) is 6.29 Å². The van der Waals surface area contributed by atoms with E-state index in [-0.39, 0.29) is 0 Å². The second kappa shape index (κ2) is 4.41. The van der Waals surface area contributed by atoms with Gasteiger partial charge in [0.1, 0.15) is 6.29 Å². The van der Waals surface area contributed by atoms with Gasteiger partial charge in [-0.2, -0.15) is 0 Å². The first-order chi connectivity index (χ1) is 7.33. The second-order valence-corrected chi connectivity index (χ2v) is 4.32. The molecule has 2 heteroatoms. The smallest absolute Gasteiger partial charge is 0.150 e. The van der Waals surface area contributed by atoms with E-state index in [0.717, 1.165) is 18.3 Å². The largest absolute Gasteiger partial charge is 0.298 e. The fourth-order valence-corrected chi connectivity index (χ4v) is 2.44. The molecule has 0 spiro atoms. The number of carbonyl (C=O) groups is 1. The van der Waals surface area contributed by atoms with Crippen LogP contribution in [0.3, 0.4) is 0 Å². The molecule has 15 heavy (non-hydrogen) atoms. The summed E-state index contributed by atoms with van der Waals surface area (Å²) in [6.45, 7) is 2.15. The van der Waals surface area contributed by atoms with Gasteiger partial charge in [-0.25, -0.2) is 0 Å². The fourth-order valence-electron chi connectivity index (χ4n) is 1.44. The zero-order chi connectivity index (χ0) is 10.7. The fraction of sp³-hybridized carbons (Fsp3) is 0.154. The minimum absolute atomic E-state index is 0.728. The van der Waals surface area contributed by atoms with Gasteiger partial charge in [0.2, 0.25) is 0 Å². The Labute approximate surface area is 93.4 Å². The lowest BCUT2D eigenvalue weighted by molar-refractivity contribution is 0.112. The lowest BCUT2D eigenvalue weighted by Crippen LogP contribution is -1.78. The number of hydrogen-bond donors (Lipinski definition) is 0. The van der Waals surface area contributed by atoms with Crippen LogP contribution in [0.5, 0.6) is 0 Å². The van der Waals surface area contributed by atoms with E-state index >= 15 is 0 Å². The highest BCUT2D eigenvalue weighted by Crippen LogP contribution is 2.27.